The predicted molar refractivity (Wildman–Crippen MR) is 94.7 cm³/mol. The number of rotatable bonds is 3. The van der Waals surface area contributed by atoms with Crippen LogP contribution in [0.15, 0.2) is 47.4 Å². The van der Waals surface area contributed by atoms with Gasteiger partial charge in [0.15, 0.2) is 0 Å². The van der Waals surface area contributed by atoms with Crippen LogP contribution in [-0.4, -0.2) is 21.2 Å². The SMILES string of the molecule is O=C1S/C(=C/c2cc(O)ccc2[N+](=O)[O-])C(=O)N1c1ccc(Cl)cc1. The Morgan fingerprint density at radius 1 is 1.16 bits per heavy atom. The number of thioether (sulfide) groups is 1. The Morgan fingerprint density at radius 2 is 1.84 bits per heavy atom. The number of nitro groups is 1. The highest BCUT2D eigenvalue weighted by Gasteiger charge is 2.36. The number of anilines is 1. The molecule has 0 aromatic heterocycles. The number of halogens is 1. The summed E-state index contributed by atoms with van der Waals surface area (Å²) in [4.78, 5) is 36.1. The molecule has 7 nitrogen and oxygen atoms in total. The van der Waals surface area contributed by atoms with E-state index in [1.54, 1.807) is 12.1 Å². The van der Waals surface area contributed by atoms with Crippen LogP contribution in [-0.2, 0) is 4.79 Å². The maximum atomic E-state index is 12.5. The second kappa shape index (κ2) is 6.58. The topological polar surface area (TPSA) is 101 Å². The molecule has 1 heterocycles. The van der Waals surface area contributed by atoms with E-state index in [9.17, 15) is 24.8 Å². The molecule has 0 atom stereocenters. The van der Waals surface area contributed by atoms with Gasteiger partial charge in [-0.2, -0.15) is 0 Å². The second-order valence-corrected chi connectivity index (χ2v) is 6.42. The lowest BCUT2D eigenvalue weighted by Crippen LogP contribution is -2.27. The number of hydrogen-bond donors (Lipinski definition) is 1. The Hall–Kier alpha value is -2.84. The summed E-state index contributed by atoms with van der Waals surface area (Å²) in [6.45, 7) is 0. The minimum Gasteiger partial charge on any atom is -0.508 e. The maximum absolute atomic E-state index is 12.5. The summed E-state index contributed by atoms with van der Waals surface area (Å²) in [5.74, 6) is -0.788. The van der Waals surface area contributed by atoms with Crippen molar-refractivity contribution >= 4 is 52.0 Å². The molecular weight excluding hydrogens is 368 g/mol. The van der Waals surface area contributed by atoms with Crippen molar-refractivity contribution in [2.24, 2.45) is 0 Å². The van der Waals surface area contributed by atoms with Crippen molar-refractivity contribution < 1.29 is 19.6 Å². The second-order valence-electron chi connectivity index (χ2n) is 4.99. The van der Waals surface area contributed by atoms with Crippen LogP contribution in [0.25, 0.3) is 6.08 Å². The molecule has 1 aliphatic rings. The highest BCUT2D eigenvalue weighted by molar-refractivity contribution is 8.19. The lowest BCUT2D eigenvalue weighted by molar-refractivity contribution is -0.385. The molecule has 9 heteroatoms. The van der Waals surface area contributed by atoms with E-state index in [0.29, 0.717) is 22.5 Å². The van der Waals surface area contributed by atoms with E-state index in [-0.39, 0.29) is 21.9 Å². The van der Waals surface area contributed by atoms with Crippen LogP contribution in [0.2, 0.25) is 5.02 Å². The van der Waals surface area contributed by atoms with Gasteiger partial charge in [-0.3, -0.25) is 19.7 Å². The Labute approximate surface area is 150 Å². The first kappa shape index (κ1) is 17.0. The van der Waals surface area contributed by atoms with Gasteiger partial charge < -0.3 is 5.11 Å². The van der Waals surface area contributed by atoms with Crippen LogP contribution in [0.5, 0.6) is 5.75 Å². The fourth-order valence-corrected chi connectivity index (χ4v) is 3.20. The van der Waals surface area contributed by atoms with E-state index in [4.69, 9.17) is 11.6 Å². The Morgan fingerprint density at radius 3 is 2.48 bits per heavy atom. The Bertz CT molecular complexity index is 927. The van der Waals surface area contributed by atoms with Crippen molar-refractivity contribution in [1.29, 1.82) is 0 Å². The van der Waals surface area contributed by atoms with Gasteiger partial charge in [-0.15, -0.1) is 0 Å². The van der Waals surface area contributed by atoms with Gasteiger partial charge >= 0.3 is 0 Å². The summed E-state index contributed by atoms with van der Waals surface area (Å²) in [5.41, 5.74) is 0.100. The van der Waals surface area contributed by atoms with Gasteiger partial charge in [-0.25, -0.2) is 4.90 Å². The van der Waals surface area contributed by atoms with Crippen LogP contribution in [0.3, 0.4) is 0 Å². The fraction of sp³-hybridized carbons (Fsp3) is 0. The molecule has 3 rings (SSSR count). The molecule has 2 amide bonds. The number of aromatic hydroxyl groups is 1. The molecular formula is C16H9ClN2O5S. The Kier molecular flexibility index (Phi) is 4.47. The van der Waals surface area contributed by atoms with Crippen molar-refractivity contribution in [3.05, 3.63) is 68.1 Å². The molecule has 0 saturated carbocycles. The summed E-state index contributed by atoms with van der Waals surface area (Å²) >= 11 is 6.46. The monoisotopic (exact) mass is 376 g/mol. The van der Waals surface area contributed by atoms with E-state index >= 15 is 0 Å². The number of phenolic OH excluding ortho intramolecular Hbond substituents is 1. The quantitative estimate of drug-likeness (QED) is 0.489. The molecule has 0 unspecified atom stereocenters. The van der Waals surface area contributed by atoms with E-state index in [1.807, 2.05) is 0 Å². The normalized spacial score (nSPS) is 15.9. The molecule has 25 heavy (non-hydrogen) atoms. The molecule has 1 aliphatic heterocycles. The summed E-state index contributed by atoms with van der Waals surface area (Å²) in [7, 11) is 0. The summed E-state index contributed by atoms with van der Waals surface area (Å²) in [5, 5.41) is 20.6. The van der Waals surface area contributed by atoms with Gasteiger partial charge in [0.1, 0.15) is 5.75 Å². The molecule has 2 aromatic carbocycles. The van der Waals surface area contributed by atoms with Crippen molar-refractivity contribution in [1.82, 2.24) is 0 Å². The maximum Gasteiger partial charge on any atom is 0.298 e. The number of benzene rings is 2. The highest BCUT2D eigenvalue weighted by atomic mass is 35.5. The largest absolute Gasteiger partial charge is 0.508 e. The van der Waals surface area contributed by atoms with Gasteiger partial charge in [0.05, 0.1) is 21.1 Å². The third-order valence-electron chi connectivity index (χ3n) is 3.37. The van der Waals surface area contributed by atoms with Crippen molar-refractivity contribution in [2.45, 2.75) is 0 Å². The van der Waals surface area contributed by atoms with Crippen LogP contribution in [0, 0.1) is 10.1 Å². The van der Waals surface area contributed by atoms with E-state index in [0.717, 1.165) is 17.0 Å². The van der Waals surface area contributed by atoms with Crippen molar-refractivity contribution in [2.75, 3.05) is 4.90 Å². The third kappa shape index (κ3) is 3.35. The molecule has 0 spiro atoms. The molecule has 1 fully saturated rings. The van der Waals surface area contributed by atoms with E-state index in [2.05, 4.69) is 0 Å². The molecule has 0 bridgehead atoms. The molecule has 1 N–H and O–H groups in total. The average molecular weight is 377 g/mol. The number of imide groups is 1. The van der Waals surface area contributed by atoms with Crippen molar-refractivity contribution in [3.63, 3.8) is 0 Å². The van der Waals surface area contributed by atoms with Crippen LogP contribution < -0.4 is 4.90 Å². The fourth-order valence-electron chi connectivity index (χ4n) is 2.25. The smallest absolute Gasteiger partial charge is 0.298 e. The van der Waals surface area contributed by atoms with Gasteiger partial charge in [0, 0.05) is 11.1 Å². The molecule has 2 aromatic rings. The molecule has 0 aliphatic carbocycles. The van der Waals surface area contributed by atoms with Crippen LogP contribution >= 0.6 is 23.4 Å². The standard InChI is InChI=1S/C16H9ClN2O5S/c17-10-1-3-11(4-2-10)18-15(21)14(25-16(18)22)8-9-7-12(20)5-6-13(9)19(23)24/h1-8,20H/b14-8+. The first-order valence-corrected chi connectivity index (χ1v) is 8.07. The first-order chi connectivity index (χ1) is 11.9. The van der Waals surface area contributed by atoms with Gasteiger partial charge in [-0.1, -0.05) is 11.6 Å². The Balaban J connectivity index is 2.00. The molecule has 126 valence electrons. The number of nitro benzene ring substituents is 1. The average Bonchev–Trinajstić information content (AvgIpc) is 2.82. The van der Waals surface area contributed by atoms with Crippen molar-refractivity contribution in [3.8, 4) is 5.75 Å². The third-order valence-corrected chi connectivity index (χ3v) is 4.49. The predicted octanol–water partition coefficient (Wildman–Crippen LogP) is 4.19. The summed E-state index contributed by atoms with van der Waals surface area (Å²) in [6.07, 6.45) is 1.22. The number of phenols is 1. The zero-order valence-corrected chi connectivity index (χ0v) is 14.0. The van der Waals surface area contributed by atoms with Crippen LogP contribution in [0.4, 0.5) is 16.2 Å². The molecule has 0 radical (unpaired) electrons. The van der Waals surface area contributed by atoms with E-state index in [1.165, 1.54) is 24.3 Å². The number of nitrogens with zero attached hydrogens (tertiary/aromatic N) is 2. The lowest BCUT2D eigenvalue weighted by atomic mass is 10.1. The number of hydrogen-bond acceptors (Lipinski definition) is 6. The first-order valence-electron chi connectivity index (χ1n) is 6.88. The number of carbonyl (C=O) groups excluding carboxylic acids is 2. The number of amides is 2. The summed E-state index contributed by atoms with van der Waals surface area (Å²) < 4.78 is 0. The minimum atomic E-state index is -0.630. The minimum absolute atomic E-state index is 0.0219. The van der Waals surface area contributed by atoms with Crippen LogP contribution in [0.1, 0.15) is 5.56 Å². The zero-order chi connectivity index (χ0) is 18.1. The summed E-state index contributed by atoms with van der Waals surface area (Å²) in [6, 6.07) is 9.61. The van der Waals surface area contributed by atoms with Gasteiger partial charge in [0.25, 0.3) is 16.8 Å². The van der Waals surface area contributed by atoms with E-state index < -0.39 is 16.1 Å². The number of carbonyl (C=O) groups is 2. The molecule has 1 saturated heterocycles. The lowest BCUT2D eigenvalue weighted by Gasteiger charge is -2.12. The van der Waals surface area contributed by atoms with Gasteiger partial charge in [-0.05, 0) is 54.2 Å². The zero-order valence-electron chi connectivity index (χ0n) is 12.4. The highest BCUT2D eigenvalue weighted by Crippen LogP contribution is 2.37. The van der Waals surface area contributed by atoms with Gasteiger partial charge in [0.2, 0.25) is 0 Å².